The third kappa shape index (κ3) is 4.12. The highest BCUT2D eigenvalue weighted by Crippen LogP contribution is 2.26. The first kappa shape index (κ1) is 18.6. The van der Waals surface area contributed by atoms with E-state index < -0.39 is 16.0 Å². The van der Waals surface area contributed by atoms with Gasteiger partial charge in [0, 0.05) is 30.1 Å². The molecule has 26 heavy (non-hydrogen) atoms. The normalized spacial score (nSPS) is 11.8. The number of hydrogen-bond donors (Lipinski definition) is 1. The summed E-state index contributed by atoms with van der Waals surface area (Å²) in [6, 6.07) is 7.90. The van der Waals surface area contributed by atoms with Gasteiger partial charge in [-0.2, -0.15) is 0 Å². The number of thiophene rings is 1. The van der Waals surface area contributed by atoms with Gasteiger partial charge in [0.25, 0.3) is 10.0 Å². The van der Waals surface area contributed by atoms with Gasteiger partial charge in [0.1, 0.15) is 12.4 Å². The van der Waals surface area contributed by atoms with Crippen LogP contribution in [0.4, 0.5) is 0 Å². The predicted octanol–water partition coefficient (Wildman–Crippen LogP) is 2.36. The van der Waals surface area contributed by atoms with Crippen molar-refractivity contribution in [2.75, 3.05) is 6.54 Å². The number of hydrogen-bond acceptors (Lipinski definition) is 6. The summed E-state index contributed by atoms with van der Waals surface area (Å²) < 4.78 is 34.6. The van der Waals surface area contributed by atoms with E-state index in [4.69, 9.17) is 4.74 Å². The highest BCUT2D eigenvalue weighted by atomic mass is 32.2. The molecule has 7 nitrogen and oxygen atoms in total. The second kappa shape index (κ2) is 7.56. The number of sulfonamides is 1. The second-order valence-electron chi connectivity index (χ2n) is 5.80. The van der Waals surface area contributed by atoms with Gasteiger partial charge in [0.15, 0.2) is 5.03 Å². The molecule has 9 heteroatoms. The minimum Gasteiger partial charge on any atom is -0.461 e. The number of benzene rings is 1. The van der Waals surface area contributed by atoms with Gasteiger partial charge >= 0.3 is 5.97 Å². The zero-order valence-corrected chi connectivity index (χ0v) is 16.1. The van der Waals surface area contributed by atoms with Crippen LogP contribution in [0.3, 0.4) is 0 Å². The van der Waals surface area contributed by atoms with Crippen LogP contribution in [0.25, 0.3) is 10.1 Å². The van der Waals surface area contributed by atoms with E-state index in [2.05, 4.69) is 9.71 Å². The molecule has 0 saturated carbocycles. The number of aromatic nitrogens is 2. The van der Waals surface area contributed by atoms with Crippen LogP contribution in [0.15, 0.2) is 40.9 Å². The summed E-state index contributed by atoms with van der Waals surface area (Å²) in [4.78, 5) is 15.9. The molecule has 2 aromatic heterocycles. The molecule has 0 spiro atoms. The lowest BCUT2D eigenvalue weighted by Crippen LogP contribution is -2.27. The summed E-state index contributed by atoms with van der Waals surface area (Å²) in [5.41, 5.74) is 0.948. The van der Waals surface area contributed by atoms with E-state index in [1.165, 1.54) is 6.20 Å². The number of rotatable bonds is 7. The van der Waals surface area contributed by atoms with Crippen LogP contribution in [-0.4, -0.2) is 30.5 Å². The van der Waals surface area contributed by atoms with Crippen LogP contribution < -0.4 is 4.72 Å². The van der Waals surface area contributed by atoms with Crippen molar-refractivity contribution in [2.45, 2.75) is 25.0 Å². The number of ether oxygens (including phenoxy) is 1. The lowest BCUT2D eigenvalue weighted by Gasteiger charge is -2.06. The summed E-state index contributed by atoms with van der Waals surface area (Å²) in [6.45, 7) is 1.85. The molecular formula is C17H19N3O4S2. The van der Waals surface area contributed by atoms with E-state index in [0.29, 0.717) is 5.82 Å². The summed E-state index contributed by atoms with van der Waals surface area (Å²) in [6.07, 6.45) is 1.38. The number of nitrogens with zero attached hydrogens (tertiary/aromatic N) is 2. The fourth-order valence-corrected chi connectivity index (χ4v) is 4.41. The average Bonchev–Trinajstić information content (AvgIpc) is 3.17. The van der Waals surface area contributed by atoms with Gasteiger partial charge < -0.3 is 9.30 Å². The van der Waals surface area contributed by atoms with E-state index in [-0.39, 0.29) is 24.6 Å². The maximum atomic E-state index is 12.1. The third-order valence-electron chi connectivity index (χ3n) is 3.93. The number of carbonyl (C=O) groups excluding carboxylic acids is 1. The number of nitrogens with one attached hydrogen (secondary N) is 1. The quantitative estimate of drug-likeness (QED) is 0.622. The molecule has 0 aliphatic rings. The first-order chi connectivity index (χ1) is 12.4. The highest BCUT2D eigenvalue weighted by Gasteiger charge is 2.18. The molecule has 0 unspecified atom stereocenters. The van der Waals surface area contributed by atoms with Crippen LogP contribution in [0.5, 0.6) is 0 Å². The van der Waals surface area contributed by atoms with Crippen LogP contribution in [0.1, 0.15) is 17.8 Å². The summed E-state index contributed by atoms with van der Waals surface area (Å²) >= 11 is 1.60. The maximum absolute atomic E-state index is 12.1. The largest absolute Gasteiger partial charge is 0.461 e. The molecule has 0 atom stereocenters. The molecule has 0 aliphatic heterocycles. The Labute approximate surface area is 155 Å². The zero-order chi connectivity index (χ0) is 18.7. The molecule has 1 N–H and O–H groups in total. The molecule has 0 fully saturated rings. The summed E-state index contributed by atoms with van der Waals surface area (Å²) in [5.74, 6) is 0.132. The number of carbonyl (C=O) groups is 1. The Morgan fingerprint density at radius 2 is 2.12 bits per heavy atom. The first-order valence-electron chi connectivity index (χ1n) is 7.97. The van der Waals surface area contributed by atoms with Crippen LogP contribution in [0.2, 0.25) is 0 Å². The molecule has 2 heterocycles. The molecule has 3 aromatic rings. The van der Waals surface area contributed by atoms with E-state index in [0.717, 1.165) is 15.6 Å². The molecule has 0 bridgehead atoms. The van der Waals surface area contributed by atoms with Crippen LogP contribution in [0, 0.1) is 6.92 Å². The highest BCUT2D eigenvalue weighted by molar-refractivity contribution is 7.89. The molecule has 1 aromatic carbocycles. The average molecular weight is 393 g/mol. The Kier molecular flexibility index (Phi) is 5.40. The van der Waals surface area contributed by atoms with Crippen molar-refractivity contribution >= 4 is 37.4 Å². The fraction of sp³-hybridized carbons (Fsp3) is 0.294. The molecule has 0 saturated heterocycles. The molecule has 138 valence electrons. The van der Waals surface area contributed by atoms with Gasteiger partial charge in [-0.3, -0.25) is 4.79 Å². The fourth-order valence-electron chi connectivity index (χ4n) is 2.39. The minimum absolute atomic E-state index is 0.0405. The van der Waals surface area contributed by atoms with E-state index >= 15 is 0 Å². The van der Waals surface area contributed by atoms with Gasteiger partial charge in [-0.25, -0.2) is 18.1 Å². The lowest BCUT2D eigenvalue weighted by molar-refractivity contribution is -0.144. The molecule has 3 rings (SSSR count). The lowest BCUT2D eigenvalue weighted by atomic mass is 10.2. The van der Waals surface area contributed by atoms with Gasteiger partial charge in [-0.15, -0.1) is 11.3 Å². The second-order valence-corrected chi connectivity index (χ2v) is 8.43. The van der Waals surface area contributed by atoms with Crippen molar-refractivity contribution in [2.24, 2.45) is 7.05 Å². The number of aryl methyl sites for hydroxylation is 2. The smallest absolute Gasteiger partial charge is 0.307 e. The Hall–Kier alpha value is -2.23. The van der Waals surface area contributed by atoms with Gasteiger partial charge in [0.05, 0.1) is 6.42 Å². The van der Waals surface area contributed by atoms with Crippen LogP contribution >= 0.6 is 11.3 Å². The van der Waals surface area contributed by atoms with Crippen molar-refractivity contribution < 1.29 is 17.9 Å². The van der Waals surface area contributed by atoms with Crippen molar-refractivity contribution in [3.8, 4) is 0 Å². The molecule has 0 amide bonds. The number of imidazole rings is 1. The van der Waals surface area contributed by atoms with Crippen molar-refractivity contribution in [3.63, 3.8) is 0 Å². The number of fused-ring (bicyclic) bond motifs is 1. The Bertz CT molecular complexity index is 1020. The standard InChI is InChI=1S/C17H19N3O4S2/c1-12-19-16(9-20(12)2)26(22,23)18-8-7-17(21)24-10-13-11-25-15-6-4-3-5-14(13)15/h3-6,9,11,18H,7-8,10H2,1-2H3. The van der Waals surface area contributed by atoms with Crippen molar-refractivity contribution in [3.05, 3.63) is 47.2 Å². The molecule has 0 aliphatic carbocycles. The maximum Gasteiger partial charge on any atom is 0.307 e. The zero-order valence-electron chi connectivity index (χ0n) is 14.4. The van der Waals surface area contributed by atoms with Gasteiger partial charge in [-0.05, 0) is 23.8 Å². The van der Waals surface area contributed by atoms with Crippen molar-refractivity contribution in [1.82, 2.24) is 14.3 Å². The monoisotopic (exact) mass is 393 g/mol. The SMILES string of the molecule is Cc1nc(S(=O)(=O)NCCC(=O)OCc2csc3ccccc23)cn1C. The Morgan fingerprint density at radius 3 is 2.85 bits per heavy atom. The van der Waals surface area contributed by atoms with Crippen LogP contribution in [-0.2, 0) is 33.2 Å². The molecule has 0 radical (unpaired) electrons. The Balaban J connectivity index is 1.50. The topological polar surface area (TPSA) is 90.3 Å². The minimum atomic E-state index is -3.73. The third-order valence-corrected chi connectivity index (χ3v) is 6.28. The van der Waals surface area contributed by atoms with Gasteiger partial charge in [-0.1, -0.05) is 18.2 Å². The first-order valence-corrected chi connectivity index (χ1v) is 10.3. The predicted molar refractivity (Wildman–Crippen MR) is 99.4 cm³/mol. The van der Waals surface area contributed by atoms with Gasteiger partial charge in [0.2, 0.25) is 0 Å². The van der Waals surface area contributed by atoms with E-state index in [9.17, 15) is 13.2 Å². The van der Waals surface area contributed by atoms with E-state index in [1.54, 1.807) is 29.9 Å². The summed E-state index contributed by atoms with van der Waals surface area (Å²) in [5, 5.41) is 2.97. The number of esters is 1. The summed E-state index contributed by atoms with van der Waals surface area (Å²) in [7, 11) is -2.02. The van der Waals surface area contributed by atoms with E-state index in [1.807, 2.05) is 29.6 Å². The Morgan fingerprint density at radius 1 is 1.35 bits per heavy atom. The molecular weight excluding hydrogens is 374 g/mol. The van der Waals surface area contributed by atoms with Crippen molar-refractivity contribution in [1.29, 1.82) is 0 Å².